The Kier molecular flexibility index (Phi) is 8.43. The summed E-state index contributed by atoms with van der Waals surface area (Å²) in [5.74, 6) is -8.02. The zero-order valence-corrected chi connectivity index (χ0v) is 29.2. The number of amides is 4. The molecular formula is C31H28BrCl2N5O10. The fourth-order valence-corrected chi connectivity index (χ4v) is 9.27. The second kappa shape index (κ2) is 11.9. The number of nitro benzene ring substituents is 2. The highest BCUT2D eigenvalue weighted by molar-refractivity contribution is 9.09. The third-order valence-electron chi connectivity index (χ3n) is 9.81. The molecule has 49 heavy (non-hydrogen) atoms. The number of carbonyl (C=O) groups is 4. The summed E-state index contributed by atoms with van der Waals surface area (Å²) in [5.41, 5.74) is -1.83. The number of nitrogens with zero attached hydrogens (tertiary/aromatic N) is 5. The van der Waals surface area contributed by atoms with Gasteiger partial charge in [0.25, 0.3) is 11.8 Å². The largest absolute Gasteiger partial charge is 0.504 e. The van der Waals surface area contributed by atoms with Crippen molar-refractivity contribution >= 4 is 85.5 Å². The quantitative estimate of drug-likeness (QED) is 0.0984. The number of ether oxygens (including phenoxy) is 1. The maximum absolute atomic E-state index is 14.4. The Morgan fingerprint density at radius 3 is 2.22 bits per heavy atom. The zero-order chi connectivity index (χ0) is 35.9. The second-order valence-corrected chi connectivity index (χ2v) is 14.1. The standard InChI is InChI=1S/C31H28BrCl2N5O10/c1-4-49-21-7-5-6-17(25(21)40)23-15-8-9-16-22(18(15)12-30(33)28(43)36(13-32)29(44)31(23,30)34)27(42)37(26(16)41)14-10-19(38(45)46)24(35(2)3)20(11-14)39(47)48/h5-8,10-11,16,18,22-23,40H,4,9,12-13H2,1-3H3. The van der Waals surface area contributed by atoms with Gasteiger partial charge in [-0.05, 0) is 31.7 Å². The molecule has 2 aliphatic heterocycles. The summed E-state index contributed by atoms with van der Waals surface area (Å²) in [7, 11) is 2.77. The number of hydrogen-bond acceptors (Lipinski definition) is 11. The molecule has 15 nitrogen and oxygen atoms in total. The van der Waals surface area contributed by atoms with Crippen LogP contribution in [0, 0.1) is 38.0 Å². The number of phenols is 1. The summed E-state index contributed by atoms with van der Waals surface area (Å²) in [6.45, 7) is 1.90. The van der Waals surface area contributed by atoms with Crippen LogP contribution in [-0.4, -0.2) is 79.4 Å². The molecule has 6 unspecified atom stereocenters. The lowest BCUT2D eigenvalue weighted by atomic mass is 9.56. The van der Waals surface area contributed by atoms with Crippen molar-refractivity contribution in [3.8, 4) is 11.5 Å². The minimum absolute atomic E-state index is 0.0491. The van der Waals surface area contributed by atoms with Crippen LogP contribution in [0.1, 0.15) is 31.2 Å². The van der Waals surface area contributed by atoms with Gasteiger partial charge in [-0.15, -0.1) is 23.2 Å². The number of imide groups is 2. The average molecular weight is 781 g/mol. The fourth-order valence-electron chi connectivity index (χ4n) is 7.85. The minimum Gasteiger partial charge on any atom is -0.504 e. The van der Waals surface area contributed by atoms with Gasteiger partial charge in [-0.25, -0.2) is 4.90 Å². The number of aromatic hydroxyl groups is 1. The van der Waals surface area contributed by atoms with Gasteiger partial charge in [-0.1, -0.05) is 39.7 Å². The smallest absolute Gasteiger partial charge is 0.301 e. The molecule has 0 spiro atoms. The molecule has 6 atom stereocenters. The number of halogens is 3. The lowest BCUT2D eigenvalue weighted by Gasteiger charge is -2.50. The van der Waals surface area contributed by atoms with Gasteiger partial charge in [0.2, 0.25) is 11.8 Å². The monoisotopic (exact) mass is 779 g/mol. The molecule has 1 saturated carbocycles. The molecule has 0 radical (unpaired) electrons. The van der Waals surface area contributed by atoms with E-state index < -0.39 is 78.3 Å². The number of carbonyl (C=O) groups excluding carboxylic acids is 4. The van der Waals surface area contributed by atoms with Gasteiger partial charge >= 0.3 is 11.4 Å². The van der Waals surface area contributed by atoms with Crippen molar-refractivity contribution in [3.63, 3.8) is 0 Å². The fraction of sp³-hybridized carbons (Fsp3) is 0.419. The Morgan fingerprint density at radius 2 is 1.67 bits per heavy atom. The molecule has 0 bridgehead atoms. The summed E-state index contributed by atoms with van der Waals surface area (Å²) < 4.78 is 5.58. The van der Waals surface area contributed by atoms with Crippen molar-refractivity contribution < 1.29 is 38.9 Å². The van der Waals surface area contributed by atoms with Crippen LogP contribution in [0.15, 0.2) is 42.0 Å². The molecule has 4 amide bonds. The van der Waals surface area contributed by atoms with E-state index in [9.17, 15) is 44.5 Å². The van der Waals surface area contributed by atoms with Gasteiger partial charge in [0.1, 0.15) is 0 Å². The van der Waals surface area contributed by atoms with Crippen molar-refractivity contribution in [1.82, 2.24) is 4.90 Å². The van der Waals surface area contributed by atoms with E-state index in [1.165, 1.54) is 31.1 Å². The molecule has 2 aliphatic carbocycles. The Labute approximate surface area is 296 Å². The van der Waals surface area contributed by atoms with Gasteiger partial charge in [0.15, 0.2) is 26.9 Å². The van der Waals surface area contributed by atoms with E-state index in [1.807, 2.05) is 0 Å². The lowest BCUT2D eigenvalue weighted by molar-refractivity contribution is -0.392. The van der Waals surface area contributed by atoms with E-state index in [0.717, 1.165) is 17.0 Å². The number of phenolic OH excluding ortho intramolecular Hbond substituents is 1. The maximum Gasteiger partial charge on any atom is 0.301 e. The van der Waals surface area contributed by atoms with E-state index in [1.54, 1.807) is 19.1 Å². The highest BCUT2D eigenvalue weighted by Crippen LogP contribution is 2.66. The minimum atomic E-state index is -2.18. The molecule has 258 valence electrons. The van der Waals surface area contributed by atoms with Crippen LogP contribution in [0.4, 0.5) is 22.7 Å². The van der Waals surface area contributed by atoms with Crippen LogP contribution in [0.25, 0.3) is 0 Å². The Hall–Kier alpha value is -4.28. The number of allylic oxidation sites excluding steroid dienone is 2. The number of fused-ring (bicyclic) bond motifs is 4. The predicted octanol–water partition coefficient (Wildman–Crippen LogP) is 4.59. The number of rotatable bonds is 8. The second-order valence-electron chi connectivity index (χ2n) is 12.4. The molecule has 3 fully saturated rings. The van der Waals surface area contributed by atoms with Crippen molar-refractivity contribution in [3.05, 3.63) is 67.8 Å². The van der Waals surface area contributed by atoms with Gasteiger partial charge in [0.05, 0.1) is 39.4 Å². The summed E-state index contributed by atoms with van der Waals surface area (Å²) in [6.07, 6.45) is 1.24. The summed E-state index contributed by atoms with van der Waals surface area (Å²) in [4.78, 5) is 77.1. The van der Waals surface area contributed by atoms with Crippen molar-refractivity contribution in [2.24, 2.45) is 17.8 Å². The van der Waals surface area contributed by atoms with Crippen LogP contribution < -0.4 is 14.5 Å². The maximum atomic E-state index is 14.4. The van der Waals surface area contributed by atoms with E-state index in [4.69, 9.17) is 27.9 Å². The molecule has 2 saturated heterocycles. The summed E-state index contributed by atoms with van der Waals surface area (Å²) in [6, 6.07) is 6.45. The molecule has 6 rings (SSSR count). The SMILES string of the molecule is CCOc1cccc(C2C3=CCC4C(=O)N(c5cc([N+](=O)[O-])c(N(C)C)c([N+](=O)[O-])c5)C(=O)C4C3CC3(Cl)C(=O)N(CBr)C(=O)C23Cl)c1O. The first-order valence-corrected chi connectivity index (χ1v) is 16.9. The molecule has 2 aromatic carbocycles. The van der Waals surface area contributed by atoms with E-state index in [-0.39, 0.29) is 53.3 Å². The van der Waals surface area contributed by atoms with Crippen LogP contribution in [-0.2, 0) is 19.2 Å². The number of para-hydroxylation sites is 1. The van der Waals surface area contributed by atoms with Crippen molar-refractivity contribution in [1.29, 1.82) is 0 Å². The number of anilines is 2. The van der Waals surface area contributed by atoms with Gasteiger partial charge in [-0.2, -0.15) is 0 Å². The van der Waals surface area contributed by atoms with Crippen molar-refractivity contribution in [2.45, 2.75) is 35.4 Å². The van der Waals surface area contributed by atoms with E-state index in [0.29, 0.717) is 10.5 Å². The highest BCUT2D eigenvalue weighted by Gasteiger charge is 2.76. The first-order valence-electron chi connectivity index (χ1n) is 15.0. The topological polar surface area (TPSA) is 194 Å². The zero-order valence-electron chi connectivity index (χ0n) is 26.1. The predicted molar refractivity (Wildman–Crippen MR) is 179 cm³/mol. The van der Waals surface area contributed by atoms with Crippen LogP contribution in [0.3, 0.4) is 0 Å². The number of nitro groups is 2. The first-order chi connectivity index (χ1) is 23.1. The molecule has 0 aromatic heterocycles. The molecule has 18 heteroatoms. The number of benzene rings is 2. The Balaban J connectivity index is 1.53. The van der Waals surface area contributed by atoms with Crippen LogP contribution in [0.5, 0.6) is 11.5 Å². The summed E-state index contributed by atoms with van der Waals surface area (Å²) >= 11 is 17.6. The average Bonchev–Trinajstić information content (AvgIpc) is 3.39. The lowest BCUT2D eigenvalue weighted by Crippen LogP contribution is -2.60. The van der Waals surface area contributed by atoms with Crippen LogP contribution in [0.2, 0.25) is 0 Å². The Morgan fingerprint density at radius 1 is 1.04 bits per heavy atom. The van der Waals surface area contributed by atoms with Crippen LogP contribution >= 0.6 is 39.1 Å². The molecule has 1 N–H and O–H groups in total. The van der Waals surface area contributed by atoms with Gasteiger partial charge in [0, 0.05) is 37.7 Å². The van der Waals surface area contributed by atoms with Crippen molar-refractivity contribution in [2.75, 3.05) is 36.0 Å². The number of alkyl halides is 3. The number of likely N-dealkylation sites (tertiary alicyclic amines) is 1. The van der Waals surface area contributed by atoms with Gasteiger partial charge < -0.3 is 14.7 Å². The third-order valence-corrected chi connectivity index (χ3v) is 11.7. The normalized spacial score (nSPS) is 29.0. The number of hydrogen-bond donors (Lipinski definition) is 1. The summed E-state index contributed by atoms with van der Waals surface area (Å²) in [5, 5.41) is 35.5. The molecule has 2 aromatic rings. The Bertz CT molecular complexity index is 1870. The first kappa shape index (κ1) is 34.6. The van der Waals surface area contributed by atoms with E-state index >= 15 is 0 Å². The van der Waals surface area contributed by atoms with E-state index in [2.05, 4.69) is 15.9 Å². The molecule has 2 heterocycles. The molecular weight excluding hydrogens is 753 g/mol. The third kappa shape index (κ3) is 4.66. The molecule has 4 aliphatic rings. The van der Waals surface area contributed by atoms with Gasteiger partial charge in [-0.3, -0.25) is 44.3 Å². The highest BCUT2D eigenvalue weighted by atomic mass is 79.9.